The van der Waals surface area contributed by atoms with E-state index < -0.39 is 44.1 Å². The first-order valence-electron chi connectivity index (χ1n) is 7.58. The molecule has 0 saturated heterocycles. The minimum absolute atomic E-state index is 0.565. The molecule has 0 atom stereocenters. The standard InChI is InChI=1S/C11H11N2O.C6HF5O3S/c1-2-4-11(5-3-1)10-14-13-8-6-12-7-9-13;7-1-2(8)4(10)6(15(12,13)14)5(11)3(1)9/h1-9H,10H2;(H,12,13,14)/q+1;/p-1. The Labute approximate surface area is 161 Å². The quantitative estimate of drug-likeness (QED) is 0.207. The molecule has 0 saturated carbocycles. The van der Waals surface area contributed by atoms with Crippen molar-refractivity contribution in [2.75, 3.05) is 0 Å². The van der Waals surface area contributed by atoms with Gasteiger partial charge in [-0.2, -0.15) is 0 Å². The van der Waals surface area contributed by atoms with Crippen molar-refractivity contribution in [2.45, 2.75) is 11.5 Å². The largest absolute Gasteiger partial charge is 0.744 e. The van der Waals surface area contributed by atoms with Gasteiger partial charge in [-0.05, 0) is 5.56 Å². The number of hydrogen-bond donors (Lipinski definition) is 0. The molecule has 3 aromatic rings. The first-order valence-corrected chi connectivity index (χ1v) is 8.99. The molecule has 0 amide bonds. The van der Waals surface area contributed by atoms with Gasteiger partial charge in [-0.25, -0.2) is 30.4 Å². The van der Waals surface area contributed by atoms with E-state index in [2.05, 4.69) is 4.98 Å². The van der Waals surface area contributed by atoms with Gasteiger partial charge in [0.1, 0.15) is 15.0 Å². The van der Waals surface area contributed by atoms with Gasteiger partial charge < -0.3 is 4.55 Å². The molecule has 0 aliphatic rings. The average molecular weight is 434 g/mol. The fourth-order valence-corrected chi connectivity index (χ4v) is 2.54. The summed E-state index contributed by atoms with van der Waals surface area (Å²) < 4.78 is 94.5. The second-order valence-corrected chi connectivity index (χ2v) is 6.53. The van der Waals surface area contributed by atoms with Crippen LogP contribution in [-0.2, 0) is 16.7 Å². The summed E-state index contributed by atoms with van der Waals surface area (Å²) in [5.41, 5.74) is 1.15. The van der Waals surface area contributed by atoms with Crippen molar-refractivity contribution >= 4 is 10.1 Å². The monoisotopic (exact) mass is 434 g/mol. The Morgan fingerprint density at radius 1 is 0.862 bits per heavy atom. The van der Waals surface area contributed by atoms with Gasteiger partial charge in [-0.15, -0.1) is 0 Å². The van der Waals surface area contributed by atoms with Gasteiger partial charge in [0.25, 0.3) is 0 Å². The van der Waals surface area contributed by atoms with Crippen molar-refractivity contribution in [1.82, 2.24) is 4.98 Å². The Balaban J connectivity index is 0.000000207. The lowest BCUT2D eigenvalue weighted by molar-refractivity contribution is -0.895. The first-order chi connectivity index (χ1) is 13.6. The lowest BCUT2D eigenvalue weighted by atomic mass is 10.2. The zero-order chi connectivity index (χ0) is 21.6. The van der Waals surface area contributed by atoms with Crippen LogP contribution in [0.3, 0.4) is 0 Å². The third-order valence-electron chi connectivity index (χ3n) is 3.24. The molecule has 0 N–H and O–H groups in total. The molecule has 0 bridgehead atoms. The van der Waals surface area contributed by atoms with E-state index in [1.807, 2.05) is 30.3 Å². The molecule has 0 radical (unpaired) electrons. The third kappa shape index (κ3) is 5.68. The number of hydrogen-bond acceptors (Lipinski definition) is 5. The highest BCUT2D eigenvalue weighted by Crippen LogP contribution is 2.26. The predicted octanol–water partition coefficient (Wildman–Crippen LogP) is 2.28. The Kier molecular flexibility index (Phi) is 7.18. The zero-order valence-electron chi connectivity index (χ0n) is 14.2. The fraction of sp³-hybridized carbons (Fsp3) is 0.0588. The molecule has 0 aliphatic carbocycles. The number of halogens is 5. The van der Waals surface area contributed by atoms with Gasteiger partial charge in [0, 0.05) is 4.73 Å². The summed E-state index contributed by atoms with van der Waals surface area (Å²) in [5.74, 6) is -12.8. The fourth-order valence-electron chi connectivity index (χ4n) is 1.92. The Hall–Kier alpha value is -3.12. The van der Waals surface area contributed by atoms with Crippen molar-refractivity contribution in [1.29, 1.82) is 0 Å². The summed E-state index contributed by atoms with van der Waals surface area (Å²) in [6, 6.07) is 10.0. The lowest BCUT2D eigenvalue weighted by Gasteiger charge is -2.10. The third-order valence-corrected chi connectivity index (χ3v) is 4.10. The maximum absolute atomic E-state index is 12.6. The lowest BCUT2D eigenvalue weighted by Crippen LogP contribution is -2.41. The normalized spacial score (nSPS) is 10.8. The Morgan fingerprint density at radius 2 is 1.34 bits per heavy atom. The maximum atomic E-state index is 12.6. The van der Waals surface area contributed by atoms with Crippen molar-refractivity contribution in [3.8, 4) is 0 Å². The molecule has 3 rings (SSSR count). The van der Waals surface area contributed by atoms with Crippen LogP contribution < -0.4 is 9.57 Å². The molecule has 154 valence electrons. The number of nitrogens with zero attached hydrogens (tertiary/aromatic N) is 2. The van der Waals surface area contributed by atoms with Crippen LogP contribution in [0.1, 0.15) is 5.56 Å². The van der Waals surface area contributed by atoms with E-state index in [1.54, 1.807) is 29.5 Å². The summed E-state index contributed by atoms with van der Waals surface area (Å²) in [7, 11) is -5.77. The SMILES string of the molecule is O=S(=O)([O-])c1c(F)c(F)c(F)c(F)c1F.c1ccc(CO[n+]2ccncc2)cc1. The highest BCUT2D eigenvalue weighted by atomic mass is 32.2. The van der Waals surface area contributed by atoms with Crippen LogP contribution >= 0.6 is 0 Å². The molecule has 0 unspecified atom stereocenters. The molecule has 0 fully saturated rings. The van der Waals surface area contributed by atoms with Crippen molar-refractivity contribution in [3.05, 3.63) is 89.8 Å². The van der Waals surface area contributed by atoms with E-state index in [0.29, 0.717) is 6.61 Å². The molecule has 1 heterocycles. The first kappa shape index (κ1) is 22.2. The van der Waals surface area contributed by atoms with E-state index >= 15 is 0 Å². The zero-order valence-corrected chi connectivity index (χ0v) is 15.0. The summed E-state index contributed by atoms with van der Waals surface area (Å²) in [6.07, 6.45) is 6.90. The van der Waals surface area contributed by atoms with Crippen molar-refractivity contribution in [2.24, 2.45) is 0 Å². The van der Waals surface area contributed by atoms with Crippen molar-refractivity contribution in [3.63, 3.8) is 0 Å². The summed E-state index contributed by atoms with van der Waals surface area (Å²) >= 11 is 0. The average Bonchev–Trinajstić information content (AvgIpc) is 2.70. The van der Waals surface area contributed by atoms with Crippen LogP contribution in [0.25, 0.3) is 0 Å². The van der Waals surface area contributed by atoms with E-state index in [4.69, 9.17) is 4.84 Å². The molecule has 1 aromatic heterocycles. The van der Waals surface area contributed by atoms with Gasteiger partial charge >= 0.3 is 0 Å². The highest BCUT2D eigenvalue weighted by molar-refractivity contribution is 7.85. The second kappa shape index (κ2) is 9.39. The number of benzene rings is 2. The van der Waals surface area contributed by atoms with Crippen LogP contribution in [0.5, 0.6) is 0 Å². The Morgan fingerprint density at radius 3 is 1.83 bits per heavy atom. The summed E-state index contributed by atoms with van der Waals surface area (Å²) in [4.78, 5) is 6.99. The summed E-state index contributed by atoms with van der Waals surface area (Å²) in [6.45, 7) is 0.565. The van der Waals surface area contributed by atoms with Crippen LogP contribution in [0.15, 0.2) is 60.0 Å². The molecule has 29 heavy (non-hydrogen) atoms. The van der Waals surface area contributed by atoms with Crippen LogP contribution in [0, 0.1) is 29.1 Å². The van der Waals surface area contributed by atoms with E-state index in [0.717, 1.165) is 5.56 Å². The smallest absolute Gasteiger partial charge is 0.240 e. The number of rotatable bonds is 4. The molecule has 0 aliphatic heterocycles. The van der Waals surface area contributed by atoms with Gasteiger partial charge in [0.15, 0.2) is 29.9 Å². The van der Waals surface area contributed by atoms with E-state index in [9.17, 15) is 34.9 Å². The topological polar surface area (TPSA) is 83.2 Å². The van der Waals surface area contributed by atoms with E-state index in [-0.39, 0.29) is 0 Å². The maximum Gasteiger partial charge on any atom is 0.240 e. The molecular formula is C17H11F5N2O4S. The molecule has 2 aromatic carbocycles. The molecule has 6 nitrogen and oxygen atoms in total. The van der Waals surface area contributed by atoms with Gasteiger partial charge in [-0.3, -0.25) is 9.82 Å². The van der Waals surface area contributed by atoms with Gasteiger partial charge in [0.05, 0.1) is 12.4 Å². The van der Waals surface area contributed by atoms with Crippen LogP contribution in [0.2, 0.25) is 0 Å². The van der Waals surface area contributed by atoms with Gasteiger partial charge in [-0.1, -0.05) is 30.3 Å². The van der Waals surface area contributed by atoms with E-state index in [1.165, 1.54) is 0 Å². The number of aromatic nitrogens is 2. The highest BCUT2D eigenvalue weighted by Gasteiger charge is 2.28. The molecule has 12 heteroatoms. The van der Waals surface area contributed by atoms with Crippen LogP contribution in [-0.4, -0.2) is 18.0 Å². The second-order valence-electron chi connectivity index (χ2n) is 5.22. The minimum Gasteiger partial charge on any atom is -0.744 e. The van der Waals surface area contributed by atoms with Crippen molar-refractivity contribution < 1.29 is 44.5 Å². The molecular weight excluding hydrogens is 423 g/mol. The van der Waals surface area contributed by atoms with Gasteiger partial charge in [0.2, 0.25) is 18.2 Å². The van der Waals surface area contributed by atoms with Crippen LogP contribution in [0.4, 0.5) is 22.0 Å². The molecule has 0 spiro atoms. The minimum atomic E-state index is -5.77. The Bertz CT molecular complexity index is 1020. The summed E-state index contributed by atoms with van der Waals surface area (Å²) in [5, 5.41) is 0. The predicted molar refractivity (Wildman–Crippen MR) is 85.4 cm³/mol.